The second-order valence-electron chi connectivity index (χ2n) is 5.35. The lowest BCUT2D eigenvalue weighted by Gasteiger charge is -2.08. The summed E-state index contributed by atoms with van der Waals surface area (Å²) in [6, 6.07) is 15.3. The van der Waals surface area contributed by atoms with E-state index in [1.54, 1.807) is 12.4 Å². The molecular formula is C18H14N4O. The Morgan fingerprint density at radius 2 is 2.09 bits per heavy atom. The van der Waals surface area contributed by atoms with E-state index in [0.29, 0.717) is 12.1 Å². The van der Waals surface area contributed by atoms with Crippen LogP contribution in [0.1, 0.15) is 15.9 Å². The second kappa shape index (κ2) is 5.53. The van der Waals surface area contributed by atoms with Crippen LogP contribution < -0.4 is 5.32 Å². The molecule has 2 N–H and O–H groups in total. The third-order valence-electron chi connectivity index (χ3n) is 3.85. The first-order chi connectivity index (χ1) is 11.3. The summed E-state index contributed by atoms with van der Waals surface area (Å²) >= 11 is 0. The van der Waals surface area contributed by atoms with Gasteiger partial charge >= 0.3 is 0 Å². The van der Waals surface area contributed by atoms with Crippen molar-refractivity contribution in [2.24, 2.45) is 0 Å². The highest BCUT2D eigenvalue weighted by molar-refractivity contribution is 6.06. The number of carbonyl (C=O) groups excluding carboxylic acids is 1. The molecule has 0 saturated carbocycles. The smallest absolute Gasteiger partial charge is 0.252 e. The summed E-state index contributed by atoms with van der Waals surface area (Å²) in [6.45, 7) is 0.469. The molecule has 0 atom stereocenters. The Balaban J connectivity index is 1.57. The first kappa shape index (κ1) is 13.5. The van der Waals surface area contributed by atoms with Crippen molar-refractivity contribution in [1.82, 2.24) is 20.5 Å². The van der Waals surface area contributed by atoms with E-state index in [2.05, 4.69) is 20.5 Å². The zero-order valence-electron chi connectivity index (χ0n) is 12.3. The summed E-state index contributed by atoms with van der Waals surface area (Å²) in [7, 11) is 0. The van der Waals surface area contributed by atoms with Gasteiger partial charge in [0.1, 0.15) is 0 Å². The Hall–Kier alpha value is -3.21. The normalized spacial score (nSPS) is 11.0. The van der Waals surface area contributed by atoms with Crippen LogP contribution in [0.4, 0.5) is 0 Å². The molecule has 5 nitrogen and oxygen atoms in total. The molecule has 0 spiro atoms. The lowest BCUT2D eigenvalue weighted by atomic mass is 10.1. The lowest BCUT2D eigenvalue weighted by Crippen LogP contribution is -2.23. The molecule has 23 heavy (non-hydrogen) atoms. The first-order valence-corrected chi connectivity index (χ1v) is 7.35. The molecule has 0 radical (unpaired) electrons. The van der Waals surface area contributed by atoms with E-state index in [-0.39, 0.29) is 5.91 Å². The van der Waals surface area contributed by atoms with Crippen LogP contribution in [0.2, 0.25) is 0 Å². The summed E-state index contributed by atoms with van der Waals surface area (Å²) in [5.74, 6) is -0.101. The third kappa shape index (κ3) is 2.53. The number of carbonyl (C=O) groups is 1. The molecule has 0 aliphatic heterocycles. The van der Waals surface area contributed by atoms with Gasteiger partial charge < -0.3 is 5.32 Å². The van der Waals surface area contributed by atoms with Gasteiger partial charge in [-0.1, -0.05) is 18.2 Å². The van der Waals surface area contributed by atoms with Crippen molar-refractivity contribution in [3.63, 3.8) is 0 Å². The summed E-state index contributed by atoms with van der Waals surface area (Å²) in [5.41, 5.74) is 3.48. The standard InChI is InChI=1S/C18H14N4O/c23-18(15-3-1-5-17-14(15)4-2-8-19-17)20-10-12-6-7-16-13(9-12)11-21-22-16/h1-9,11H,10H2,(H,20,23)(H,21,22). The van der Waals surface area contributed by atoms with Gasteiger partial charge in [0, 0.05) is 29.1 Å². The highest BCUT2D eigenvalue weighted by Crippen LogP contribution is 2.17. The predicted octanol–water partition coefficient (Wildman–Crippen LogP) is 3.04. The van der Waals surface area contributed by atoms with Crippen LogP contribution in [0.5, 0.6) is 0 Å². The van der Waals surface area contributed by atoms with Crippen LogP contribution in [0, 0.1) is 0 Å². The Kier molecular flexibility index (Phi) is 3.24. The number of aromatic amines is 1. The minimum absolute atomic E-state index is 0.101. The van der Waals surface area contributed by atoms with E-state index in [1.807, 2.05) is 48.5 Å². The molecular weight excluding hydrogens is 288 g/mol. The first-order valence-electron chi connectivity index (χ1n) is 7.35. The van der Waals surface area contributed by atoms with Crippen molar-refractivity contribution in [2.75, 3.05) is 0 Å². The van der Waals surface area contributed by atoms with E-state index >= 15 is 0 Å². The average Bonchev–Trinajstić information content (AvgIpc) is 3.07. The third-order valence-corrected chi connectivity index (χ3v) is 3.85. The molecule has 0 bridgehead atoms. The van der Waals surface area contributed by atoms with Crippen LogP contribution in [0.3, 0.4) is 0 Å². The van der Waals surface area contributed by atoms with Gasteiger partial charge in [0.25, 0.3) is 5.91 Å². The van der Waals surface area contributed by atoms with Crippen LogP contribution in [-0.4, -0.2) is 21.1 Å². The molecule has 0 aliphatic rings. The van der Waals surface area contributed by atoms with Gasteiger partial charge in [0.15, 0.2) is 0 Å². The van der Waals surface area contributed by atoms with Crippen molar-refractivity contribution >= 4 is 27.7 Å². The Labute approximate surface area is 132 Å². The van der Waals surface area contributed by atoms with Crippen molar-refractivity contribution in [3.05, 3.63) is 72.1 Å². The molecule has 2 aromatic carbocycles. The fourth-order valence-corrected chi connectivity index (χ4v) is 2.68. The van der Waals surface area contributed by atoms with Crippen LogP contribution in [0.25, 0.3) is 21.8 Å². The van der Waals surface area contributed by atoms with Gasteiger partial charge in [-0.05, 0) is 35.9 Å². The highest BCUT2D eigenvalue weighted by atomic mass is 16.1. The Bertz CT molecular complexity index is 1000. The molecule has 2 aromatic heterocycles. The van der Waals surface area contributed by atoms with Crippen molar-refractivity contribution in [1.29, 1.82) is 0 Å². The van der Waals surface area contributed by atoms with Crippen molar-refractivity contribution < 1.29 is 4.79 Å². The molecule has 4 aromatic rings. The monoisotopic (exact) mass is 302 g/mol. The van der Waals surface area contributed by atoms with Gasteiger partial charge in [-0.15, -0.1) is 0 Å². The quantitative estimate of drug-likeness (QED) is 0.611. The number of hydrogen-bond acceptors (Lipinski definition) is 3. The van der Waals surface area contributed by atoms with E-state index < -0.39 is 0 Å². The molecule has 1 amide bonds. The van der Waals surface area contributed by atoms with Crippen LogP contribution in [-0.2, 0) is 6.54 Å². The van der Waals surface area contributed by atoms with E-state index in [4.69, 9.17) is 0 Å². The predicted molar refractivity (Wildman–Crippen MR) is 89.0 cm³/mol. The van der Waals surface area contributed by atoms with Crippen LogP contribution >= 0.6 is 0 Å². The summed E-state index contributed by atoms with van der Waals surface area (Å²) in [5, 5.41) is 11.8. The number of hydrogen-bond donors (Lipinski definition) is 2. The largest absolute Gasteiger partial charge is 0.348 e. The molecule has 0 aliphatic carbocycles. The van der Waals surface area contributed by atoms with Crippen molar-refractivity contribution in [2.45, 2.75) is 6.54 Å². The van der Waals surface area contributed by atoms with Gasteiger partial charge in [-0.2, -0.15) is 5.10 Å². The number of benzene rings is 2. The number of nitrogens with one attached hydrogen (secondary N) is 2. The zero-order valence-corrected chi connectivity index (χ0v) is 12.3. The van der Waals surface area contributed by atoms with Crippen LogP contribution in [0.15, 0.2) is 60.9 Å². The van der Waals surface area contributed by atoms with Crippen molar-refractivity contribution in [3.8, 4) is 0 Å². The molecule has 5 heteroatoms. The fraction of sp³-hybridized carbons (Fsp3) is 0.0556. The molecule has 0 unspecified atom stereocenters. The molecule has 4 rings (SSSR count). The van der Waals surface area contributed by atoms with Gasteiger partial charge in [-0.25, -0.2) is 0 Å². The zero-order chi connectivity index (χ0) is 15.6. The lowest BCUT2D eigenvalue weighted by molar-refractivity contribution is 0.0952. The number of nitrogens with zero attached hydrogens (tertiary/aromatic N) is 2. The molecule has 2 heterocycles. The fourth-order valence-electron chi connectivity index (χ4n) is 2.68. The maximum atomic E-state index is 12.5. The highest BCUT2D eigenvalue weighted by Gasteiger charge is 2.10. The molecule has 0 saturated heterocycles. The minimum atomic E-state index is -0.101. The second-order valence-corrected chi connectivity index (χ2v) is 5.35. The Morgan fingerprint density at radius 3 is 3.04 bits per heavy atom. The average molecular weight is 302 g/mol. The molecule has 112 valence electrons. The Morgan fingerprint density at radius 1 is 1.13 bits per heavy atom. The number of fused-ring (bicyclic) bond motifs is 2. The maximum Gasteiger partial charge on any atom is 0.252 e. The van der Waals surface area contributed by atoms with E-state index in [0.717, 1.165) is 27.4 Å². The van der Waals surface area contributed by atoms with E-state index in [9.17, 15) is 4.79 Å². The van der Waals surface area contributed by atoms with Gasteiger partial charge in [0.05, 0.1) is 17.2 Å². The number of amides is 1. The number of H-pyrrole nitrogens is 1. The summed E-state index contributed by atoms with van der Waals surface area (Å²) in [4.78, 5) is 16.8. The summed E-state index contributed by atoms with van der Waals surface area (Å²) in [6.07, 6.45) is 3.50. The number of rotatable bonds is 3. The number of aromatic nitrogens is 3. The number of pyridine rings is 1. The SMILES string of the molecule is O=C(NCc1ccc2[nH]ncc2c1)c1cccc2ncccc12. The van der Waals surface area contributed by atoms with Gasteiger partial charge in [0.2, 0.25) is 0 Å². The minimum Gasteiger partial charge on any atom is -0.348 e. The molecule has 0 fully saturated rings. The summed E-state index contributed by atoms with van der Waals surface area (Å²) < 4.78 is 0. The van der Waals surface area contributed by atoms with E-state index in [1.165, 1.54) is 0 Å². The maximum absolute atomic E-state index is 12.5. The topological polar surface area (TPSA) is 70.7 Å². The van der Waals surface area contributed by atoms with Gasteiger partial charge in [-0.3, -0.25) is 14.9 Å².